The van der Waals surface area contributed by atoms with Gasteiger partial charge in [0.15, 0.2) is 5.54 Å². The van der Waals surface area contributed by atoms with Crippen molar-refractivity contribution < 1.29 is 19.1 Å². The van der Waals surface area contributed by atoms with Crippen LogP contribution in [0.3, 0.4) is 0 Å². The van der Waals surface area contributed by atoms with Crippen LogP contribution in [0.5, 0.6) is 0 Å². The summed E-state index contributed by atoms with van der Waals surface area (Å²) in [5.41, 5.74) is -0.0167. The molecule has 8 heteroatoms. The van der Waals surface area contributed by atoms with Gasteiger partial charge in [-0.25, -0.2) is 4.79 Å². The number of likely N-dealkylation sites (tertiary alicyclic amines) is 1. The van der Waals surface area contributed by atoms with E-state index in [1.54, 1.807) is 18.3 Å². The van der Waals surface area contributed by atoms with E-state index in [0.717, 1.165) is 23.6 Å². The molecule has 3 saturated heterocycles. The molecule has 0 spiro atoms. The third kappa shape index (κ3) is 4.05. The van der Waals surface area contributed by atoms with Crippen molar-refractivity contribution in [2.24, 2.45) is 5.92 Å². The minimum absolute atomic E-state index is 0.0103. The van der Waals surface area contributed by atoms with Gasteiger partial charge in [0.05, 0.1) is 18.3 Å². The summed E-state index contributed by atoms with van der Waals surface area (Å²) in [4.78, 5) is 48.3. The maximum absolute atomic E-state index is 14.0. The molecule has 4 amide bonds. The number of hydrogen-bond acceptors (Lipinski definition) is 5. The number of rotatable bonds is 5. The second-order valence-corrected chi connectivity index (χ2v) is 10.1. The molecule has 0 aliphatic carbocycles. The van der Waals surface area contributed by atoms with Gasteiger partial charge in [0.25, 0.3) is 11.8 Å². The number of carbonyl (C=O) groups is 3. The molecule has 6 rings (SSSR count). The first kappa shape index (κ1) is 23.6. The molecule has 37 heavy (non-hydrogen) atoms. The zero-order valence-electron chi connectivity index (χ0n) is 20.6. The number of fused-ring (bicyclic) bond motifs is 1. The highest BCUT2D eigenvalue weighted by Gasteiger charge is 2.58. The molecule has 8 nitrogen and oxygen atoms in total. The average Bonchev–Trinajstić information content (AvgIpc) is 3.56. The Balaban J connectivity index is 1.25. The van der Waals surface area contributed by atoms with Crippen LogP contribution in [0.25, 0.3) is 10.8 Å². The van der Waals surface area contributed by atoms with Crippen molar-refractivity contribution in [1.82, 2.24) is 20.1 Å². The SMILES string of the molecule is O=C(c1cccc2ccccc12)N1CCC([C@@]2(c3ccccn3)NC(=O)N(C[C@@H]3CCCO3)C2=O)CC1. The van der Waals surface area contributed by atoms with Gasteiger partial charge in [0.2, 0.25) is 0 Å². The topological polar surface area (TPSA) is 91.8 Å². The van der Waals surface area contributed by atoms with Gasteiger partial charge in [-0.2, -0.15) is 0 Å². The molecule has 4 heterocycles. The second kappa shape index (κ2) is 9.59. The third-order valence-electron chi connectivity index (χ3n) is 8.03. The van der Waals surface area contributed by atoms with Crippen molar-refractivity contribution in [3.8, 4) is 0 Å². The summed E-state index contributed by atoms with van der Waals surface area (Å²) >= 11 is 0. The first-order valence-corrected chi connectivity index (χ1v) is 13.0. The van der Waals surface area contributed by atoms with Gasteiger partial charge in [0, 0.05) is 37.4 Å². The Kier molecular flexibility index (Phi) is 6.12. The van der Waals surface area contributed by atoms with E-state index in [4.69, 9.17) is 4.74 Å². The molecule has 0 radical (unpaired) electrons. The van der Waals surface area contributed by atoms with Gasteiger partial charge in [-0.05, 0) is 54.7 Å². The average molecular weight is 499 g/mol. The second-order valence-electron chi connectivity index (χ2n) is 10.1. The Morgan fingerprint density at radius 3 is 2.54 bits per heavy atom. The maximum Gasteiger partial charge on any atom is 0.325 e. The van der Waals surface area contributed by atoms with Crippen LogP contribution in [0.2, 0.25) is 0 Å². The molecule has 3 aliphatic rings. The lowest BCUT2D eigenvalue weighted by molar-refractivity contribution is -0.135. The Morgan fingerprint density at radius 1 is 1.00 bits per heavy atom. The quantitative estimate of drug-likeness (QED) is 0.542. The zero-order chi connectivity index (χ0) is 25.4. The van der Waals surface area contributed by atoms with E-state index in [1.807, 2.05) is 53.4 Å². The minimum atomic E-state index is -1.24. The highest BCUT2D eigenvalue weighted by atomic mass is 16.5. The Morgan fingerprint density at radius 2 is 1.78 bits per heavy atom. The van der Waals surface area contributed by atoms with E-state index in [1.165, 1.54) is 4.90 Å². The summed E-state index contributed by atoms with van der Waals surface area (Å²) in [6, 6.07) is 18.7. The first-order chi connectivity index (χ1) is 18.1. The van der Waals surface area contributed by atoms with Gasteiger partial charge >= 0.3 is 6.03 Å². The molecule has 2 aromatic carbocycles. The fraction of sp³-hybridized carbons (Fsp3) is 0.379. The summed E-state index contributed by atoms with van der Waals surface area (Å²) < 4.78 is 5.71. The normalized spacial score (nSPS) is 24.6. The number of aromatic nitrogens is 1. The summed E-state index contributed by atoms with van der Waals surface area (Å²) in [6.45, 7) is 1.90. The van der Waals surface area contributed by atoms with Crippen LogP contribution < -0.4 is 5.32 Å². The van der Waals surface area contributed by atoms with E-state index < -0.39 is 11.6 Å². The fourth-order valence-electron chi connectivity index (χ4n) is 6.11. The van der Waals surface area contributed by atoms with Gasteiger partial charge in [-0.3, -0.25) is 19.5 Å². The Labute approximate surface area is 215 Å². The molecule has 0 bridgehead atoms. The maximum atomic E-state index is 14.0. The number of piperidine rings is 1. The molecular formula is C29H30N4O4. The number of pyridine rings is 1. The van der Waals surface area contributed by atoms with Crippen molar-refractivity contribution in [3.63, 3.8) is 0 Å². The number of ether oxygens (including phenoxy) is 1. The summed E-state index contributed by atoms with van der Waals surface area (Å²) in [7, 11) is 0. The molecule has 3 fully saturated rings. The number of imide groups is 1. The number of nitrogens with zero attached hydrogens (tertiary/aromatic N) is 3. The fourth-order valence-corrected chi connectivity index (χ4v) is 6.11. The van der Waals surface area contributed by atoms with E-state index in [2.05, 4.69) is 10.3 Å². The minimum Gasteiger partial charge on any atom is -0.376 e. The number of amides is 4. The molecule has 3 aromatic rings. The van der Waals surface area contributed by atoms with Crippen molar-refractivity contribution >= 4 is 28.6 Å². The molecular weight excluding hydrogens is 468 g/mol. The van der Waals surface area contributed by atoms with Crippen molar-refractivity contribution in [1.29, 1.82) is 0 Å². The Bertz CT molecular complexity index is 1330. The number of nitrogens with one attached hydrogen (secondary N) is 1. The molecule has 1 N–H and O–H groups in total. The van der Waals surface area contributed by atoms with Crippen LogP contribution in [0, 0.1) is 5.92 Å². The van der Waals surface area contributed by atoms with E-state index in [9.17, 15) is 14.4 Å². The monoisotopic (exact) mass is 498 g/mol. The van der Waals surface area contributed by atoms with Crippen LogP contribution in [0.1, 0.15) is 41.7 Å². The van der Waals surface area contributed by atoms with Crippen molar-refractivity contribution in [3.05, 3.63) is 78.1 Å². The summed E-state index contributed by atoms with van der Waals surface area (Å²) in [5.74, 6) is -0.473. The predicted octanol–water partition coefficient (Wildman–Crippen LogP) is 3.71. The van der Waals surface area contributed by atoms with Crippen LogP contribution in [0.4, 0.5) is 4.79 Å². The molecule has 2 atom stereocenters. The van der Waals surface area contributed by atoms with Gasteiger partial charge in [-0.15, -0.1) is 0 Å². The number of hydrogen-bond donors (Lipinski definition) is 1. The van der Waals surface area contributed by atoms with Crippen LogP contribution in [-0.2, 0) is 15.1 Å². The zero-order valence-corrected chi connectivity index (χ0v) is 20.6. The largest absolute Gasteiger partial charge is 0.376 e. The van der Waals surface area contributed by atoms with E-state index in [0.29, 0.717) is 43.8 Å². The molecule has 0 unspecified atom stereocenters. The van der Waals surface area contributed by atoms with Crippen molar-refractivity contribution in [2.45, 2.75) is 37.3 Å². The lowest BCUT2D eigenvalue weighted by atomic mass is 9.75. The number of carbonyl (C=O) groups excluding carboxylic acids is 3. The summed E-state index contributed by atoms with van der Waals surface area (Å²) in [6.07, 6.45) is 4.44. The van der Waals surface area contributed by atoms with Crippen LogP contribution >= 0.6 is 0 Å². The molecule has 1 aromatic heterocycles. The third-order valence-corrected chi connectivity index (χ3v) is 8.03. The standard InChI is InChI=1S/C29H30N4O4/c34-26(24-11-5-8-20-7-1-2-10-23(20)24)32-16-13-21(14-17-32)29(25-12-3-4-15-30-25)27(35)33(28(36)31-29)19-22-9-6-18-37-22/h1-5,7-8,10-12,15,21-22H,6,9,13-14,16-19H2,(H,31,36)/t22-,29-/m0/s1. The number of benzene rings is 2. The van der Waals surface area contributed by atoms with Crippen molar-refractivity contribution in [2.75, 3.05) is 26.2 Å². The highest BCUT2D eigenvalue weighted by molar-refractivity contribution is 6.08. The Hall–Kier alpha value is -3.78. The molecule has 190 valence electrons. The molecule has 0 saturated carbocycles. The van der Waals surface area contributed by atoms with Gasteiger partial charge in [0.1, 0.15) is 0 Å². The van der Waals surface area contributed by atoms with Gasteiger partial charge in [-0.1, -0.05) is 42.5 Å². The number of urea groups is 1. The van der Waals surface area contributed by atoms with Crippen LogP contribution in [-0.4, -0.2) is 65.0 Å². The van der Waals surface area contributed by atoms with E-state index in [-0.39, 0.29) is 30.4 Å². The molecule has 3 aliphatic heterocycles. The smallest absolute Gasteiger partial charge is 0.325 e. The van der Waals surface area contributed by atoms with Gasteiger partial charge < -0.3 is 15.0 Å². The highest BCUT2D eigenvalue weighted by Crippen LogP contribution is 2.41. The lowest BCUT2D eigenvalue weighted by Gasteiger charge is -2.40. The van der Waals surface area contributed by atoms with Crippen LogP contribution in [0.15, 0.2) is 66.9 Å². The van der Waals surface area contributed by atoms with E-state index >= 15 is 0 Å². The summed E-state index contributed by atoms with van der Waals surface area (Å²) in [5, 5.41) is 5.01. The first-order valence-electron chi connectivity index (χ1n) is 13.0. The lowest BCUT2D eigenvalue weighted by Crippen LogP contribution is -2.54. The predicted molar refractivity (Wildman–Crippen MR) is 138 cm³/mol.